The van der Waals surface area contributed by atoms with Crippen LogP contribution >= 0.6 is 11.3 Å². The van der Waals surface area contributed by atoms with Crippen LogP contribution in [-0.4, -0.2) is 37.9 Å². The Hall–Kier alpha value is -1.83. The third-order valence-electron chi connectivity index (χ3n) is 3.05. The van der Waals surface area contributed by atoms with Crippen molar-refractivity contribution in [1.82, 2.24) is 10.3 Å². The lowest BCUT2D eigenvalue weighted by atomic mass is 10.2. The lowest BCUT2D eigenvalue weighted by Gasteiger charge is -2.13. The number of aryl methyl sites for hydroxylation is 1. The smallest absolute Gasteiger partial charge is 0.263 e. The van der Waals surface area contributed by atoms with E-state index in [0.717, 1.165) is 5.56 Å². The highest BCUT2D eigenvalue weighted by Gasteiger charge is 2.17. The van der Waals surface area contributed by atoms with Gasteiger partial charge in [0, 0.05) is 19.8 Å². The van der Waals surface area contributed by atoms with Crippen molar-refractivity contribution in [3.05, 3.63) is 40.7 Å². The molecule has 0 unspecified atom stereocenters. The zero-order chi connectivity index (χ0) is 16.1. The van der Waals surface area contributed by atoms with E-state index >= 15 is 0 Å². The number of amides is 1. The molecule has 22 heavy (non-hydrogen) atoms. The maximum absolute atomic E-state index is 13.0. The van der Waals surface area contributed by atoms with Gasteiger partial charge in [0.1, 0.15) is 15.7 Å². The predicted molar refractivity (Wildman–Crippen MR) is 82.4 cm³/mol. The van der Waals surface area contributed by atoms with E-state index in [0.29, 0.717) is 15.6 Å². The lowest BCUT2D eigenvalue weighted by molar-refractivity contribution is -0.0974. The molecule has 0 aliphatic rings. The summed E-state index contributed by atoms with van der Waals surface area (Å²) in [4.78, 5) is 17.1. The molecule has 0 spiro atoms. The monoisotopic (exact) mass is 324 g/mol. The molecule has 0 fully saturated rings. The molecule has 0 saturated carbocycles. The first-order valence-corrected chi connectivity index (χ1v) is 7.44. The molecule has 1 aromatic carbocycles. The van der Waals surface area contributed by atoms with Crippen molar-refractivity contribution >= 4 is 17.2 Å². The van der Waals surface area contributed by atoms with Crippen molar-refractivity contribution in [3.63, 3.8) is 0 Å². The van der Waals surface area contributed by atoms with E-state index in [1.807, 2.05) is 0 Å². The zero-order valence-corrected chi connectivity index (χ0v) is 13.4. The molecule has 0 aliphatic carbocycles. The quantitative estimate of drug-likeness (QED) is 0.830. The molecule has 2 aromatic rings. The lowest BCUT2D eigenvalue weighted by Crippen LogP contribution is -2.34. The topological polar surface area (TPSA) is 60.5 Å². The van der Waals surface area contributed by atoms with E-state index in [9.17, 15) is 9.18 Å². The van der Waals surface area contributed by atoms with Crippen LogP contribution in [0, 0.1) is 12.7 Å². The number of rotatable bonds is 6. The maximum atomic E-state index is 13.0. The number of hydrogen-bond acceptors (Lipinski definition) is 5. The molecule has 0 saturated heterocycles. The van der Waals surface area contributed by atoms with E-state index < -0.39 is 6.29 Å². The molecule has 1 heterocycles. The highest BCUT2D eigenvalue weighted by Crippen LogP contribution is 2.27. The minimum Gasteiger partial charge on any atom is -0.354 e. The van der Waals surface area contributed by atoms with Crippen LogP contribution in [-0.2, 0) is 9.47 Å². The molecular formula is C15H17FN2O3S. The second kappa shape index (κ2) is 7.44. The SMILES string of the molecule is COC(CNC(=O)c1sc(-c2ccc(F)cc2)nc1C)OC. The summed E-state index contributed by atoms with van der Waals surface area (Å²) in [6, 6.07) is 6.02. The van der Waals surface area contributed by atoms with Gasteiger partial charge in [0.05, 0.1) is 12.2 Å². The number of hydrogen-bond donors (Lipinski definition) is 1. The zero-order valence-electron chi connectivity index (χ0n) is 12.6. The number of aromatic nitrogens is 1. The first-order valence-electron chi connectivity index (χ1n) is 6.62. The number of benzene rings is 1. The molecular weight excluding hydrogens is 307 g/mol. The number of nitrogens with zero attached hydrogens (tertiary/aromatic N) is 1. The highest BCUT2D eigenvalue weighted by molar-refractivity contribution is 7.17. The highest BCUT2D eigenvalue weighted by atomic mass is 32.1. The summed E-state index contributed by atoms with van der Waals surface area (Å²) >= 11 is 1.27. The summed E-state index contributed by atoms with van der Waals surface area (Å²) in [5.41, 5.74) is 1.41. The average Bonchev–Trinajstić information content (AvgIpc) is 2.91. The molecule has 0 atom stereocenters. The third-order valence-corrected chi connectivity index (χ3v) is 4.25. The Balaban J connectivity index is 2.12. The second-order valence-electron chi connectivity index (χ2n) is 4.55. The van der Waals surface area contributed by atoms with Gasteiger partial charge in [0.15, 0.2) is 6.29 Å². The van der Waals surface area contributed by atoms with Gasteiger partial charge in [0.2, 0.25) is 0 Å². The van der Waals surface area contributed by atoms with Gasteiger partial charge in [-0.25, -0.2) is 9.37 Å². The number of halogens is 1. The van der Waals surface area contributed by atoms with Gasteiger partial charge in [0.25, 0.3) is 5.91 Å². The maximum Gasteiger partial charge on any atom is 0.263 e. The fourth-order valence-electron chi connectivity index (χ4n) is 1.84. The van der Waals surface area contributed by atoms with Crippen molar-refractivity contribution < 1.29 is 18.7 Å². The van der Waals surface area contributed by atoms with Gasteiger partial charge in [-0.2, -0.15) is 0 Å². The van der Waals surface area contributed by atoms with Crippen molar-refractivity contribution in [2.75, 3.05) is 20.8 Å². The Morgan fingerprint density at radius 3 is 2.55 bits per heavy atom. The van der Waals surface area contributed by atoms with Gasteiger partial charge in [-0.05, 0) is 31.2 Å². The molecule has 0 aliphatic heterocycles. The number of carbonyl (C=O) groups is 1. The molecule has 1 aromatic heterocycles. The third kappa shape index (κ3) is 3.88. The Morgan fingerprint density at radius 1 is 1.32 bits per heavy atom. The van der Waals surface area contributed by atoms with Crippen LogP contribution in [0.1, 0.15) is 15.4 Å². The van der Waals surface area contributed by atoms with Gasteiger partial charge in [-0.1, -0.05) is 0 Å². The number of methoxy groups -OCH3 is 2. The molecule has 0 bridgehead atoms. The summed E-state index contributed by atoms with van der Waals surface area (Å²) in [6.07, 6.45) is -0.492. The van der Waals surface area contributed by atoms with Crippen LogP contribution in [0.15, 0.2) is 24.3 Å². The van der Waals surface area contributed by atoms with Crippen molar-refractivity contribution in [1.29, 1.82) is 0 Å². The van der Waals surface area contributed by atoms with Gasteiger partial charge >= 0.3 is 0 Å². The summed E-state index contributed by atoms with van der Waals surface area (Å²) in [5.74, 6) is -0.539. The van der Waals surface area contributed by atoms with Crippen molar-refractivity contribution in [2.45, 2.75) is 13.2 Å². The first-order chi connectivity index (χ1) is 10.5. The normalized spacial score (nSPS) is 11.0. The van der Waals surface area contributed by atoms with Crippen LogP contribution in [0.2, 0.25) is 0 Å². The van der Waals surface area contributed by atoms with E-state index in [4.69, 9.17) is 9.47 Å². The van der Waals surface area contributed by atoms with Crippen LogP contribution in [0.25, 0.3) is 10.6 Å². The molecule has 1 amide bonds. The fourth-order valence-corrected chi connectivity index (χ4v) is 2.83. The van der Waals surface area contributed by atoms with E-state index in [-0.39, 0.29) is 18.3 Å². The van der Waals surface area contributed by atoms with E-state index in [1.165, 1.54) is 37.7 Å². The predicted octanol–water partition coefficient (Wildman–Crippen LogP) is 2.61. The number of thiazole rings is 1. The molecule has 7 heteroatoms. The Bertz CT molecular complexity index is 639. The van der Waals surface area contributed by atoms with Crippen LogP contribution in [0.5, 0.6) is 0 Å². The Kier molecular flexibility index (Phi) is 5.59. The van der Waals surface area contributed by atoms with E-state index in [1.54, 1.807) is 19.1 Å². The Labute approximate surface area is 132 Å². The molecule has 5 nitrogen and oxygen atoms in total. The average molecular weight is 324 g/mol. The molecule has 0 radical (unpaired) electrons. The Morgan fingerprint density at radius 2 is 1.95 bits per heavy atom. The largest absolute Gasteiger partial charge is 0.354 e. The van der Waals surface area contributed by atoms with Crippen molar-refractivity contribution in [3.8, 4) is 10.6 Å². The summed E-state index contributed by atoms with van der Waals surface area (Å²) < 4.78 is 23.0. The van der Waals surface area contributed by atoms with E-state index in [2.05, 4.69) is 10.3 Å². The summed E-state index contributed by atoms with van der Waals surface area (Å²) in [7, 11) is 3.01. The van der Waals surface area contributed by atoms with Crippen LogP contribution < -0.4 is 5.32 Å². The van der Waals surface area contributed by atoms with Gasteiger partial charge in [-0.15, -0.1) is 11.3 Å². The number of carbonyl (C=O) groups excluding carboxylic acids is 1. The number of nitrogens with one attached hydrogen (secondary N) is 1. The summed E-state index contributed by atoms with van der Waals surface area (Å²) in [6.45, 7) is 2.01. The molecule has 118 valence electrons. The minimum absolute atomic E-state index is 0.234. The van der Waals surface area contributed by atoms with Crippen molar-refractivity contribution in [2.24, 2.45) is 0 Å². The molecule has 2 rings (SSSR count). The fraction of sp³-hybridized carbons (Fsp3) is 0.333. The second-order valence-corrected chi connectivity index (χ2v) is 5.55. The number of ether oxygens (including phenoxy) is 2. The van der Waals surface area contributed by atoms with Gasteiger partial charge < -0.3 is 14.8 Å². The van der Waals surface area contributed by atoms with Gasteiger partial charge in [-0.3, -0.25) is 4.79 Å². The molecule has 1 N–H and O–H groups in total. The van der Waals surface area contributed by atoms with Crippen LogP contribution in [0.3, 0.4) is 0 Å². The summed E-state index contributed by atoms with van der Waals surface area (Å²) in [5, 5.41) is 3.42. The van der Waals surface area contributed by atoms with Crippen LogP contribution in [0.4, 0.5) is 4.39 Å². The standard InChI is InChI=1S/C15H17FN2O3S/c1-9-13(14(19)17-8-12(20-2)21-3)22-15(18-9)10-4-6-11(16)7-5-10/h4-7,12H,8H2,1-3H3,(H,17,19). The first kappa shape index (κ1) is 16.5. The minimum atomic E-state index is -0.492.